The Balaban J connectivity index is 2.16. The Morgan fingerprint density at radius 3 is 2.65 bits per heavy atom. The maximum absolute atomic E-state index is 13.2. The fraction of sp³-hybridized carbons (Fsp3) is 0.312. The molecule has 1 unspecified atom stereocenters. The normalized spacial score (nSPS) is 12.0. The summed E-state index contributed by atoms with van der Waals surface area (Å²) in [7, 11) is 0. The smallest absolute Gasteiger partial charge is 0.272 e. The summed E-state index contributed by atoms with van der Waals surface area (Å²) in [5.74, 6) is -2.41. The average molecular weight is 321 g/mol. The lowest BCUT2D eigenvalue weighted by atomic mass is 10.1. The fourth-order valence-electron chi connectivity index (χ4n) is 2.08. The van der Waals surface area contributed by atoms with Gasteiger partial charge in [0.1, 0.15) is 5.69 Å². The second kappa shape index (κ2) is 7.13. The zero-order chi connectivity index (χ0) is 17.0. The number of halogens is 2. The van der Waals surface area contributed by atoms with Crippen LogP contribution < -0.4 is 10.9 Å². The predicted octanol–water partition coefficient (Wildman–Crippen LogP) is 2.42. The van der Waals surface area contributed by atoms with Crippen LogP contribution >= 0.6 is 0 Å². The summed E-state index contributed by atoms with van der Waals surface area (Å²) < 4.78 is 27.4. The molecule has 1 aromatic heterocycles. The molecule has 0 saturated heterocycles. The number of nitrogens with one attached hydrogen (secondary N) is 1. The molecule has 0 aliphatic rings. The van der Waals surface area contributed by atoms with Gasteiger partial charge in [0.2, 0.25) is 0 Å². The van der Waals surface area contributed by atoms with Gasteiger partial charge < -0.3 is 5.32 Å². The van der Waals surface area contributed by atoms with Gasteiger partial charge >= 0.3 is 0 Å². The molecule has 7 heteroatoms. The van der Waals surface area contributed by atoms with Crippen molar-refractivity contribution in [1.82, 2.24) is 15.1 Å². The second-order valence-corrected chi connectivity index (χ2v) is 5.15. The van der Waals surface area contributed by atoms with Crippen LogP contribution in [-0.4, -0.2) is 15.7 Å². The molecule has 0 bridgehead atoms. The number of aryl methyl sites for hydroxylation is 1. The van der Waals surface area contributed by atoms with Crippen molar-refractivity contribution in [3.05, 3.63) is 63.6 Å². The van der Waals surface area contributed by atoms with Crippen LogP contribution in [0.2, 0.25) is 0 Å². The van der Waals surface area contributed by atoms with E-state index >= 15 is 0 Å². The van der Waals surface area contributed by atoms with Crippen LogP contribution in [0.15, 0.2) is 35.1 Å². The van der Waals surface area contributed by atoms with Crippen LogP contribution in [0.5, 0.6) is 0 Å². The summed E-state index contributed by atoms with van der Waals surface area (Å²) in [5, 5.41) is 6.64. The number of amides is 1. The Morgan fingerprint density at radius 2 is 2.00 bits per heavy atom. The van der Waals surface area contributed by atoms with Gasteiger partial charge in [0.25, 0.3) is 11.5 Å². The van der Waals surface area contributed by atoms with Gasteiger partial charge in [-0.25, -0.2) is 13.5 Å². The molecule has 0 spiro atoms. The summed E-state index contributed by atoms with van der Waals surface area (Å²) in [5.41, 5.74) is 0.240. The molecule has 1 amide bonds. The molecule has 0 saturated carbocycles. The molecular weight excluding hydrogens is 304 g/mol. The highest BCUT2D eigenvalue weighted by Gasteiger charge is 2.15. The summed E-state index contributed by atoms with van der Waals surface area (Å²) in [6.07, 6.45) is 0.712. The quantitative estimate of drug-likeness (QED) is 0.920. The zero-order valence-corrected chi connectivity index (χ0v) is 12.8. The van der Waals surface area contributed by atoms with Crippen molar-refractivity contribution < 1.29 is 13.6 Å². The van der Waals surface area contributed by atoms with Crippen LogP contribution in [0.3, 0.4) is 0 Å². The first kappa shape index (κ1) is 16.8. The molecule has 2 aromatic rings. The second-order valence-electron chi connectivity index (χ2n) is 5.15. The number of carbonyl (C=O) groups is 1. The van der Waals surface area contributed by atoms with Gasteiger partial charge in [-0.15, -0.1) is 0 Å². The maximum Gasteiger partial charge on any atom is 0.272 e. The highest BCUT2D eigenvalue weighted by atomic mass is 19.2. The number of hydrogen-bond donors (Lipinski definition) is 1. The first-order chi connectivity index (χ1) is 10.9. The van der Waals surface area contributed by atoms with E-state index in [0.29, 0.717) is 18.5 Å². The lowest BCUT2D eigenvalue weighted by molar-refractivity contribution is 0.0932. The van der Waals surface area contributed by atoms with Gasteiger partial charge in [0.15, 0.2) is 11.6 Å². The van der Waals surface area contributed by atoms with E-state index in [1.807, 2.05) is 6.92 Å². The number of hydrogen-bond acceptors (Lipinski definition) is 3. The minimum atomic E-state index is -0.974. The first-order valence-electron chi connectivity index (χ1n) is 7.26. The third-order valence-corrected chi connectivity index (χ3v) is 3.33. The van der Waals surface area contributed by atoms with Crippen molar-refractivity contribution in [2.75, 3.05) is 0 Å². The van der Waals surface area contributed by atoms with E-state index < -0.39 is 23.6 Å². The predicted molar refractivity (Wildman–Crippen MR) is 81.0 cm³/mol. The molecule has 0 aliphatic carbocycles. The highest BCUT2D eigenvalue weighted by Crippen LogP contribution is 2.16. The lowest BCUT2D eigenvalue weighted by Crippen LogP contribution is -2.31. The van der Waals surface area contributed by atoms with Gasteiger partial charge in [-0.3, -0.25) is 9.59 Å². The van der Waals surface area contributed by atoms with E-state index in [4.69, 9.17) is 0 Å². The van der Waals surface area contributed by atoms with Crippen LogP contribution in [0.25, 0.3) is 0 Å². The largest absolute Gasteiger partial charge is 0.344 e. The molecule has 23 heavy (non-hydrogen) atoms. The Labute approximate surface area is 131 Å². The fourth-order valence-corrected chi connectivity index (χ4v) is 2.08. The number of benzene rings is 1. The summed E-state index contributed by atoms with van der Waals surface area (Å²) in [6, 6.07) is 5.51. The molecule has 1 N–H and O–H groups in total. The van der Waals surface area contributed by atoms with E-state index in [9.17, 15) is 18.4 Å². The minimum Gasteiger partial charge on any atom is -0.344 e. The van der Waals surface area contributed by atoms with Crippen molar-refractivity contribution in [3.63, 3.8) is 0 Å². The average Bonchev–Trinajstić information content (AvgIpc) is 2.52. The van der Waals surface area contributed by atoms with Gasteiger partial charge in [-0.2, -0.15) is 5.10 Å². The summed E-state index contributed by atoms with van der Waals surface area (Å²) >= 11 is 0. The summed E-state index contributed by atoms with van der Waals surface area (Å²) in [4.78, 5) is 23.8. The highest BCUT2D eigenvalue weighted by molar-refractivity contribution is 5.92. The van der Waals surface area contributed by atoms with E-state index in [0.717, 1.165) is 12.1 Å². The minimum absolute atomic E-state index is 0.0903. The topological polar surface area (TPSA) is 64.0 Å². The number of aromatic nitrogens is 2. The van der Waals surface area contributed by atoms with Crippen molar-refractivity contribution in [2.24, 2.45) is 0 Å². The van der Waals surface area contributed by atoms with Crippen LogP contribution in [0, 0.1) is 11.6 Å². The van der Waals surface area contributed by atoms with Crippen molar-refractivity contribution in [2.45, 2.75) is 32.9 Å². The van der Waals surface area contributed by atoms with Crippen LogP contribution in [-0.2, 0) is 6.54 Å². The first-order valence-corrected chi connectivity index (χ1v) is 7.26. The van der Waals surface area contributed by atoms with Gasteiger partial charge in [0, 0.05) is 12.6 Å². The Bertz CT molecular complexity index is 774. The van der Waals surface area contributed by atoms with Gasteiger partial charge in [-0.05, 0) is 37.1 Å². The zero-order valence-electron chi connectivity index (χ0n) is 12.8. The molecular formula is C16H17F2N3O2. The molecule has 2 rings (SSSR count). The molecule has 5 nitrogen and oxygen atoms in total. The van der Waals surface area contributed by atoms with Crippen LogP contribution in [0.1, 0.15) is 42.4 Å². The van der Waals surface area contributed by atoms with Gasteiger partial charge in [0.05, 0.1) is 6.04 Å². The molecule has 0 radical (unpaired) electrons. The molecule has 1 aromatic carbocycles. The van der Waals surface area contributed by atoms with Crippen LogP contribution in [0.4, 0.5) is 8.78 Å². The van der Waals surface area contributed by atoms with Crippen molar-refractivity contribution in [3.8, 4) is 0 Å². The SMILES string of the molecule is CCCn1nc(C(=O)NC(C)c2ccc(F)c(F)c2)ccc1=O. The third-order valence-electron chi connectivity index (χ3n) is 3.33. The van der Waals surface area contributed by atoms with E-state index in [1.165, 1.54) is 22.9 Å². The third kappa shape index (κ3) is 4.00. The molecule has 0 aliphatic heterocycles. The van der Waals surface area contributed by atoms with E-state index in [2.05, 4.69) is 10.4 Å². The standard InChI is InChI=1S/C16H17F2N3O2/c1-3-8-21-15(22)7-6-14(20-21)16(23)19-10(2)11-4-5-12(17)13(18)9-11/h4-7,9-10H,3,8H2,1-2H3,(H,19,23). The number of nitrogens with zero attached hydrogens (tertiary/aromatic N) is 2. The molecule has 1 heterocycles. The molecule has 1 atom stereocenters. The van der Waals surface area contributed by atoms with Crippen molar-refractivity contribution >= 4 is 5.91 Å². The summed E-state index contributed by atoms with van der Waals surface area (Å²) in [6.45, 7) is 3.96. The number of rotatable bonds is 5. The van der Waals surface area contributed by atoms with E-state index in [-0.39, 0.29) is 11.3 Å². The Morgan fingerprint density at radius 1 is 1.26 bits per heavy atom. The van der Waals surface area contributed by atoms with Crippen molar-refractivity contribution in [1.29, 1.82) is 0 Å². The number of carbonyl (C=O) groups excluding carboxylic acids is 1. The molecule has 0 fully saturated rings. The van der Waals surface area contributed by atoms with Gasteiger partial charge in [-0.1, -0.05) is 13.0 Å². The molecule has 122 valence electrons. The Hall–Kier alpha value is -2.57. The monoisotopic (exact) mass is 321 g/mol. The lowest BCUT2D eigenvalue weighted by Gasteiger charge is -2.14. The Kier molecular flexibility index (Phi) is 5.20. The maximum atomic E-state index is 13.2. The van der Waals surface area contributed by atoms with E-state index in [1.54, 1.807) is 6.92 Å².